The molecule has 24 heavy (non-hydrogen) atoms. The van der Waals surface area contributed by atoms with Crippen LogP contribution in [-0.4, -0.2) is 34.8 Å². The van der Waals surface area contributed by atoms with Gasteiger partial charge in [-0.05, 0) is 43.3 Å². The van der Waals surface area contributed by atoms with E-state index in [9.17, 15) is 13.8 Å². The summed E-state index contributed by atoms with van der Waals surface area (Å²) in [6.45, 7) is 1.67. The first kappa shape index (κ1) is 17.9. The fraction of sp³-hybridized carbons (Fsp3) is 0.222. The number of benzene rings is 2. The van der Waals surface area contributed by atoms with E-state index in [0.29, 0.717) is 23.6 Å². The van der Waals surface area contributed by atoms with Gasteiger partial charge >= 0.3 is 0 Å². The lowest BCUT2D eigenvalue weighted by Crippen LogP contribution is -2.32. The average molecular weight is 345 g/mol. The Bertz CT molecular complexity index is 714. The number of ketones is 1. The molecule has 0 aliphatic rings. The Balaban J connectivity index is 1.70. The molecule has 1 N–H and O–H groups in total. The van der Waals surface area contributed by atoms with Crippen molar-refractivity contribution in [1.82, 2.24) is 5.32 Å². The largest absolute Gasteiger partial charge is 0.484 e. The van der Waals surface area contributed by atoms with Crippen molar-refractivity contribution in [2.24, 2.45) is 0 Å². The molecule has 0 saturated carbocycles. The van der Waals surface area contributed by atoms with Gasteiger partial charge in [0, 0.05) is 22.8 Å². The van der Waals surface area contributed by atoms with E-state index in [1.54, 1.807) is 36.4 Å². The molecule has 126 valence electrons. The van der Waals surface area contributed by atoms with Gasteiger partial charge in [-0.1, -0.05) is 18.2 Å². The molecule has 0 spiro atoms. The highest BCUT2D eigenvalue weighted by molar-refractivity contribution is 7.85. The molecule has 0 radical (unpaired) electrons. The van der Waals surface area contributed by atoms with Crippen LogP contribution in [0.25, 0.3) is 0 Å². The van der Waals surface area contributed by atoms with E-state index in [2.05, 4.69) is 5.32 Å². The Labute approximate surface area is 143 Å². The van der Waals surface area contributed by atoms with Crippen molar-refractivity contribution in [2.75, 3.05) is 18.9 Å². The maximum absolute atomic E-state index is 12.0. The van der Waals surface area contributed by atoms with Crippen LogP contribution in [0.4, 0.5) is 0 Å². The molecule has 5 nitrogen and oxygen atoms in total. The van der Waals surface area contributed by atoms with Crippen molar-refractivity contribution in [3.05, 3.63) is 60.2 Å². The summed E-state index contributed by atoms with van der Waals surface area (Å²) in [5.41, 5.74) is 0.593. The summed E-state index contributed by atoms with van der Waals surface area (Å²) in [5, 5.41) is 2.67. The second kappa shape index (κ2) is 8.98. The summed E-state index contributed by atoms with van der Waals surface area (Å²) >= 11 is 0. The van der Waals surface area contributed by atoms with E-state index in [1.165, 1.54) is 6.92 Å². The van der Waals surface area contributed by atoms with E-state index >= 15 is 0 Å². The summed E-state index contributed by atoms with van der Waals surface area (Å²) in [6.07, 6.45) is 0. The van der Waals surface area contributed by atoms with Gasteiger partial charge in [-0.2, -0.15) is 0 Å². The zero-order valence-corrected chi connectivity index (χ0v) is 14.2. The minimum atomic E-state index is -1.13. The van der Waals surface area contributed by atoms with Crippen LogP contribution in [0.2, 0.25) is 0 Å². The van der Waals surface area contributed by atoms with Crippen molar-refractivity contribution in [2.45, 2.75) is 11.8 Å². The van der Waals surface area contributed by atoms with Crippen LogP contribution in [0.15, 0.2) is 59.5 Å². The molecule has 0 saturated heterocycles. The van der Waals surface area contributed by atoms with E-state index in [1.807, 2.05) is 18.2 Å². The van der Waals surface area contributed by atoms with E-state index in [4.69, 9.17) is 4.74 Å². The molecule has 0 bridgehead atoms. The molecule has 2 aromatic carbocycles. The maximum Gasteiger partial charge on any atom is 0.257 e. The monoisotopic (exact) mass is 345 g/mol. The highest BCUT2D eigenvalue weighted by atomic mass is 32.2. The van der Waals surface area contributed by atoms with Crippen molar-refractivity contribution in [3.63, 3.8) is 0 Å². The molecule has 0 heterocycles. The van der Waals surface area contributed by atoms with Crippen LogP contribution in [0, 0.1) is 0 Å². The fourth-order valence-corrected chi connectivity index (χ4v) is 2.94. The third kappa shape index (κ3) is 5.62. The van der Waals surface area contributed by atoms with Gasteiger partial charge in [0.1, 0.15) is 5.75 Å². The van der Waals surface area contributed by atoms with Crippen molar-refractivity contribution in [1.29, 1.82) is 0 Å². The number of carbonyl (C=O) groups excluding carboxylic acids is 2. The fourth-order valence-electron chi connectivity index (χ4n) is 1.96. The number of nitrogens with one attached hydrogen (secondary N) is 1. The molecule has 2 aromatic rings. The van der Waals surface area contributed by atoms with Gasteiger partial charge in [0.2, 0.25) is 0 Å². The molecule has 0 unspecified atom stereocenters. The molecule has 0 aliphatic heterocycles. The number of amides is 1. The van der Waals surface area contributed by atoms with Gasteiger partial charge in [0.25, 0.3) is 5.91 Å². The highest BCUT2D eigenvalue weighted by Crippen LogP contribution is 2.12. The minimum Gasteiger partial charge on any atom is -0.484 e. The molecule has 0 aromatic heterocycles. The van der Waals surface area contributed by atoms with Crippen LogP contribution in [0.5, 0.6) is 5.75 Å². The standard InChI is InChI=1S/C18H19NO4S/c1-14(20)15-7-9-16(10-8-15)23-13-18(21)19-11-12-24(22)17-5-3-2-4-6-17/h2-10H,11-13H2,1H3,(H,19,21)/t24-/m1/s1. The summed E-state index contributed by atoms with van der Waals surface area (Å²) in [5.74, 6) is 0.563. The molecule has 6 heteroatoms. The van der Waals surface area contributed by atoms with E-state index in [-0.39, 0.29) is 18.3 Å². The van der Waals surface area contributed by atoms with Crippen molar-refractivity contribution >= 4 is 22.5 Å². The molecule has 1 amide bonds. The molecule has 2 rings (SSSR count). The maximum atomic E-state index is 12.0. The molecule has 0 aliphatic carbocycles. The Morgan fingerprint density at radius 2 is 1.71 bits per heavy atom. The molecular formula is C18H19NO4S. The molecule has 1 atom stereocenters. The van der Waals surface area contributed by atoms with Gasteiger partial charge < -0.3 is 10.1 Å². The summed E-state index contributed by atoms with van der Waals surface area (Å²) in [4.78, 5) is 23.6. The third-order valence-corrected chi connectivity index (χ3v) is 4.62. The topological polar surface area (TPSA) is 72.5 Å². The van der Waals surface area contributed by atoms with Crippen LogP contribution < -0.4 is 10.1 Å². The Morgan fingerprint density at radius 3 is 2.33 bits per heavy atom. The third-order valence-electron chi connectivity index (χ3n) is 3.25. The Morgan fingerprint density at radius 1 is 1.04 bits per heavy atom. The predicted molar refractivity (Wildman–Crippen MR) is 92.7 cm³/mol. The summed E-state index contributed by atoms with van der Waals surface area (Å²) in [7, 11) is -1.13. The minimum absolute atomic E-state index is 0.0225. The first-order chi connectivity index (χ1) is 11.6. The van der Waals surface area contributed by atoms with Gasteiger partial charge in [-0.25, -0.2) is 0 Å². The number of rotatable bonds is 8. The van der Waals surface area contributed by atoms with Crippen LogP contribution >= 0.6 is 0 Å². The average Bonchev–Trinajstić information content (AvgIpc) is 2.61. The van der Waals surface area contributed by atoms with Gasteiger partial charge in [-0.15, -0.1) is 0 Å². The van der Waals surface area contributed by atoms with Crippen molar-refractivity contribution < 1.29 is 18.5 Å². The van der Waals surface area contributed by atoms with Crippen LogP contribution in [0.1, 0.15) is 17.3 Å². The lowest BCUT2D eigenvalue weighted by Gasteiger charge is -2.08. The second-order valence-corrected chi connectivity index (χ2v) is 6.65. The normalized spacial score (nSPS) is 11.5. The zero-order chi connectivity index (χ0) is 17.4. The number of hydrogen-bond donors (Lipinski definition) is 1. The SMILES string of the molecule is CC(=O)c1ccc(OCC(=O)NCC[S@@](=O)c2ccccc2)cc1. The summed E-state index contributed by atoms with van der Waals surface area (Å²) in [6, 6.07) is 15.7. The Kier molecular flexibility index (Phi) is 6.69. The highest BCUT2D eigenvalue weighted by Gasteiger charge is 2.06. The lowest BCUT2D eigenvalue weighted by atomic mass is 10.1. The van der Waals surface area contributed by atoms with Crippen molar-refractivity contribution in [3.8, 4) is 5.75 Å². The molecular weight excluding hydrogens is 326 g/mol. The quantitative estimate of drug-likeness (QED) is 0.745. The van der Waals surface area contributed by atoms with Gasteiger partial charge in [0.15, 0.2) is 12.4 Å². The first-order valence-electron chi connectivity index (χ1n) is 7.50. The van der Waals surface area contributed by atoms with Crippen LogP contribution in [-0.2, 0) is 15.6 Å². The van der Waals surface area contributed by atoms with Crippen LogP contribution in [0.3, 0.4) is 0 Å². The van der Waals surface area contributed by atoms with Gasteiger partial charge in [-0.3, -0.25) is 13.8 Å². The number of hydrogen-bond acceptors (Lipinski definition) is 4. The first-order valence-corrected chi connectivity index (χ1v) is 8.82. The number of carbonyl (C=O) groups is 2. The van der Waals surface area contributed by atoms with E-state index < -0.39 is 10.8 Å². The number of ether oxygens (including phenoxy) is 1. The van der Waals surface area contributed by atoms with E-state index in [0.717, 1.165) is 4.90 Å². The summed E-state index contributed by atoms with van der Waals surface area (Å²) < 4.78 is 17.3. The number of Topliss-reactive ketones (excluding diaryl/α,β-unsaturated/α-hetero) is 1. The Hall–Kier alpha value is -2.47. The van der Waals surface area contributed by atoms with Gasteiger partial charge in [0.05, 0.1) is 10.8 Å². The smallest absolute Gasteiger partial charge is 0.257 e. The lowest BCUT2D eigenvalue weighted by molar-refractivity contribution is -0.122. The zero-order valence-electron chi connectivity index (χ0n) is 13.4. The predicted octanol–water partition coefficient (Wildman–Crippen LogP) is 2.19. The second-order valence-electron chi connectivity index (χ2n) is 5.08. The molecule has 0 fully saturated rings.